The van der Waals surface area contributed by atoms with Crippen molar-refractivity contribution in [2.45, 2.75) is 13.8 Å². The van der Waals surface area contributed by atoms with Crippen LogP contribution in [-0.4, -0.2) is 14.9 Å². The summed E-state index contributed by atoms with van der Waals surface area (Å²) in [6.07, 6.45) is 0. The fourth-order valence-electron chi connectivity index (χ4n) is 1.63. The molecule has 9 heteroatoms. The minimum atomic E-state index is -0.534. The first-order valence-electron chi connectivity index (χ1n) is 5.86. The van der Waals surface area contributed by atoms with Crippen LogP contribution in [0.15, 0.2) is 18.2 Å². The molecule has 1 aromatic carbocycles. The molecule has 1 heterocycles. The Morgan fingerprint density at radius 3 is 2.71 bits per heavy atom. The van der Waals surface area contributed by atoms with Crippen LogP contribution in [0.4, 0.5) is 11.5 Å². The smallest absolute Gasteiger partial charge is 0.273 e. The summed E-state index contributed by atoms with van der Waals surface area (Å²) < 4.78 is 5.57. The number of hydrazine groups is 1. The van der Waals surface area contributed by atoms with Gasteiger partial charge in [0.2, 0.25) is 5.88 Å². The second kappa shape index (κ2) is 5.90. The minimum absolute atomic E-state index is 0.130. The van der Waals surface area contributed by atoms with Crippen LogP contribution in [0.3, 0.4) is 0 Å². The Morgan fingerprint density at radius 2 is 2.10 bits per heavy atom. The zero-order chi connectivity index (χ0) is 15.6. The van der Waals surface area contributed by atoms with Gasteiger partial charge in [-0.25, -0.2) is 10.8 Å². The van der Waals surface area contributed by atoms with Gasteiger partial charge in [0.25, 0.3) is 5.69 Å². The molecule has 8 nitrogen and oxygen atoms in total. The summed E-state index contributed by atoms with van der Waals surface area (Å²) in [5, 5.41) is 11.0. The monoisotopic (exact) mass is 309 g/mol. The maximum Gasteiger partial charge on any atom is 0.273 e. The number of nitrogen functional groups attached to an aromatic ring is 1. The summed E-state index contributed by atoms with van der Waals surface area (Å²) in [6.45, 7) is 3.37. The molecule has 2 aromatic rings. The predicted octanol–water partition coefficient (Wildman–Crippen LogP) is 2.73. The molecule has 21 heavy (non-hydrogen) atoms. The number of nitro groups is 1. The van der Waals surface area contributed by atoms with Crippen molar-refractivity contribution >= 4 is 23.1 Å². The molecule has 110 valence electrons. The number of nitrogens with zero attached hydrogens (tertiary/aromatic N) is 3. The Kier molecular flexibility index (Phi) is 4.20. The van der Waals surface area contributed by atoms with E-state index in [9.17, 15) is 10.1 Å². The summed E-state index contributed by atoms with van der Waals surface area (Å²) in [4.78, 5) is 18.5. The molecule has 0 saturated carbocycles. The molecule has 0 aliphatic heterocycles. The van der Waals surface area contributed by atoms with Crippen molar-refractivity contribution in [3.63, 3.8) is 0 Å². The number of aromatic nitrogens is 2. The number of non-ortho nitro benzene ring substituents is 1. The molecule has 0 unspecified atom stereocenters. The van der Waals surface area contributed by atoms with E-state index in [1.807, 2.05) is 0 Å². The molecular formula is C12H12ClN5O3. The lowest BCUT2D eigenvalue weighted by molar-refractivity contribution is -0.384. The van der Waals surface area contributed by atoms with Gasteiger partial charge < -0.3 is 10.2 Å². The summed E-state index contributed by atoms with van der Waals surface area (Å²) in [7, 11) is 0. The number of nitrogens with one attached hydrogen (secondary N) is 1. The topological polar surface area (TPSA) is 116 Å². The van der Waals surface area contributed by atoms with Gasteiger partial charge in [0.05, 0.1) is 21.6 Å². The van der Waals surface area contributed by atoms with Gasteiger partial charge in [-0.15, -0.1) is 0 Å². The molecule has 0 bridgehead atoms. The third-order valence-corrected chi connectivity index (χ3v) is 2.99. The highest BCUT2D eigenvalue weighted by atomic mass is 35.5. The number of nitro benzene ring substituents is 1. The van der Waals surface area contributed by atoms with Crippen LogP contribution in [0.25, 0.3) is 0 Å². The van der Waals surface area contributed by atoms with Gasteiger partial charge in [0, 0.05) is 6.07 Å². The highest BCUT2D eigenvalue weighted by Gasteiger charge is 2.15. The quantitative estimate of drug-likeness (QED) is 0.506. The predicted molar refractivity (Wildman–Crippen MR) is 77.5 cm³/mol. The summed E-state index contributed by atoms with van der Waals surface area (Å²) >= 11 is 5.99. The average molecular weight is 310 g/mol. The number of anilines is 1. The van der Waals surface area contributed by atoms with Crippen molar-refractivity contribution in [2.75, 3.05) is 5.43 Å². The van der Waals surface area contributed by atoms with Crippen LogP contribution in [-0.2, 0) is 0 Å². The normalized spacial score (nSPS) is 10.3. The Morgan fingerprint density at radius 1 is 1.38 bits per heavy atom. The minimum Gasteiger partial charge on any atom is -0.437 e. The van der Waals surface area contributed by atoms with E-state index >= 15 is 0 Å². The van der Waals surface area contributed by atoms with Crippen LogP contribution in [0, 0.1) is 24.0 Å². The standard InChI is InChI=1S/C12H12ClN5O3/c1-6-11(17-14)15-7(2)16-12(6)21-10-5-8(18(19)20)3-4-9(10)13/h3-5H,14H2,1-2H3,(H,15,16,17). The van der Waals surface area contributed by atoms with Gasteiger partial charge in [-0.05, 0) is 19.9 Å². The fourth-order valence-corrected chi connectivity index (χ4v) is 1.79. The first-order chi connectivity index (χ1) is 9.92. The highest BCUT2D eigenvalue weighted by Crippen LogP contribution is 2.34. The molecule has 0 aliphatic carbocycles. The molecule has 0 atom stereocenters. The Bertz CT molecular complexity index is 708. The first kappa shape index (κ1) is 14.9. The van der Waals surface area contributed by atoms with E-state index in [0.717, 1.165) is 0 Å². The number of benzene rings is 1. The molecule has 2 rings (SSSR count). The van der Waals surface area contributed by atoms with E-state index in [1.54, 1.807) is 13.8 Å². The first-order valence-corrected chi connectivity index (χ1v) is 6.24. The molecule has 0 saturated heterocycles. The number of aryl methyl sites for hydroxylation is 1. The number of ether oxygens (including phenoxy) is 1. The van der Waals surface area contributed by atoms with Crippen LogP contribution < -0.4 is 16.0 Å². The zero-order valence-electron chi connectivity index (χ0n) is 11.3. The number of rotatable bonds is 4. The Hall–Kier alpha value is -2.45. The van der Waals surface area contributed by atoms with Crippen molar-refractivity contribution < 1.29 is 9.66 Å². The highest BCUT2D eigenvalue weighted by molar-refractivity contribution is 6.32. The van der Waals surface area contributed by atoms with Crippen LogP contribution in [0.1, 0.15) is 11.4 Å². The molecule has 0 fully saturated rings. The lowest BCUT2D eigenvalue weighted by Crippen LogP contribution is -2.12. The van der Waals surface area contributed by atoms with Gasteiger partial charge in [-0.1, -0.05) is 11.6 Å². The summed E-state index contributed by atoms with van der Waals surface area (Å²) in [5.41, 5.74) is 2.87. The third-order valence-electron chi connectivity index (χ3n) is 2.68. The van der Waals surface area contributed by atoms with Gasteiger partial charge in [-0.3, -0.25) is 10.1 Å². The molecule has 1 aromatic heterocycles. The number of hydrogen-bond acceptors (Lipinski definition) is 7. The van der Waals surface area contributed by atoms with Gasteiger partial charge in [0.15, 0.2) is 5.75 Å². The van der Waals surface area contributed by atoms with Crippen molar-refractivity contribution in [1.29, 1.82) is 0 Å². The van der Waals surface area contributed by atoms with E-state index in [-0.39, 0.29) is 22.3 Å². The molecule has 3 N–H and O–H groups in total. The SMILES string of the molecule is Cc1nc(NN)c(C)c(Oc2cc([N+](=O)[O-])ccc2Cl)n1. The van der Waals surface area contributed by atoms with Crippen LogP contribution in [0.5, 0.6) is 11.6 Å². The van der Waals surface area contributed by atoms with Gasteiger partial charge in [-0.2, -0.15) is 4.98 Å². The molecule has 0 radical (unpaired) electrons. The lowest BCUT2D eigenvalue weighted by Gasteiger charge is -2.12. The second-order valence-electron chi connectivity index (χ2n) is 4.17. The van der Waals surface area contributed by atoms with Crippen molar-refractivity contribution in [1.82, 2.24) is 9.97 Å². The maximum absolute atomic E-state index is 10.8. The van der Waals surface area contributed by atoms with Crippen molar-refractivity contribution in [3.05, 3.63) is 44.7 Å². The maximum atomic E-state index is 10.8. The average Bonchev–Trinajstić information content (AvgIpc) is 2.44. The number of halogens is 1. The molecule has 0 spiro atoms. The largest absolute Gasteiger partial charge is 0.437 e. The number of hydrogen-bond donors (Lipinski definition) is 2. The van der Waals surface area contributed by atoms with Crippen molar-refractivity contribution in [2.24, 2.45) is 5.84 Å². The van der Waals surface area contributed by atoms with Crippen LogP contribution >= 0.6 is 11.6 Å². The molecular weight excluding hydrogens is 298 g/mol. The van der Waals surface area contributed by atoms with E-state index < -0.39 is 4.92 Å². The van der Waals surface area contributed by atoms with E-state index in [4.69, 9.17) is 22.2 Å². The van der Waals surface area contributed by atoms with E-state index in [1.165, 1.54) is 18.2 Å². The Labute approximate surface area is 125 Å². The summed E-state index contributed by atoms with van der Waals surface area (Å²) in [5.74, 6) is 6.56. The van der Waals surface area contributed by atoms with E-state index in [0.29, 0.717) is 17.2 Å². The lowest BCUT2D eigenvalue weighted by atomic mass is 10.3. The molecule has 0 aliphatic rings. The third kappa shape index (κ3) is 3.18. The number of nitrogens with two attached hydrogens (primary N) is 1. The fraction of sp³-hybridized carbons (Fsp3) is 0.167. The summed E-state index contributed by atoms with van der Waals surface area (Å²) in [6, 6.07) is 3.91. The zero-order valence-corrected chi connectivity index (χ0v) is 12.0. The van der Waals surface area contributed by atoms with Gasteiger partial charge in [0.1, 0.15) is 11.6 Å². The Balaban J connectivity index is 2.45. The molecule has 0 amide bonds. The van der Waals surface area contributed by atoms with E-state index in [2.05, 4.69) is 15.4 Å². The van der Waals surface area contributed by atoms with Gasteiger partial charge >= 0.3 is 0 Å². The second-order valence-corrected chi connectivity index (χ2v) is 4.58. The van der Waals surface area contributed by atoms with Crippen molar-refractivity contribution in [3.8, 4) is 11.6 Å². The van der Waals surface area contributed by atoms with Crippen LogP contribution in [0.2, 0.25) is 5.02 Å².